The van der Waals surface area contributed by atoms with Crippen molar-refractivity contribution in [2.24, 2.45) is 5.92 Å². The summed E-state index contributed by atoms with van der Waals surface area (Å²) in [7, 11) is 0. The number of quaternary nitrogens is 1. The molecule has 84 heavy (non-hydrogen) atoms. The van der Waals surface area contributed by atoms with Crippen LogP contribution in [0, 0.1) is 5.92 Å². The second kappa shape index (κ2) is 68.4. The number of hydrogen-bond donors (Lipinski definition) is 1. The van der Waals surface area contributed by atoms with E-state index in [4.69, 9.17) is 14.2 Å². The van der Waals surface area contributed by atoms with Crippen LogP contribution >= 0.6 is 0 Å². The highest BCUT2D eigenvalue weighted by molar-refractivity contribution is 5.85. The average Bonchev–Trinajstić information content (AvgIpc) is 3.75. The van der Waals surface area contributed by atoms with Crippen LogP contribution in [0.15, 0.2) is 0 Å². The number of rotatable bonds is 70. The second-order valence-electron chi connectivity index (χ2n) is 27.9. The summed E-state index contributed by atoms with van der Waals surface area (Å²) in [6.07, 6.45) is 81.3. The third-order valence-corrected chi connectivity index (χ3v) is 19.7. The van der Waals surface area contributed by atoms with Crippen LogP contribution in [0.5, 0.6) is 0 Å². The van der Waals surface area contributed by atoms with Gasteiger partial charge in [-0.2, -0.15) is 0 Å². The van der Waals surface area contributed by atoms with Gasteiger partial charge in [0.1, 0.15) is 6.54 Å². The summed E-state index contributed by atoms with van der Waals surface area (Å²) < 4.78 is 19.8. The summed E-state index contributed by atoms with van der Waals surface area (Å²) in [6.45, 7) is 19.5. The third kappa shape index (κ3) is 57.9. The van der Waals surface area contributed by atoms with Crippen molar-refractivity contribution in [1.82, 2.24) is 5.32 Å². The first-order chi connectivity index (χ1) is 41.6. The molecule has 0 aromatic carbocycles. The molecule has 0 aromatic rings. The molecule has 6 heteroatoms. The smallest absolute Gasteiger partial charge is 0.203 e. The fraction of sp³-hybridized carbons (Fsp3) is 0.987. The van der Waals surface area contributed by atoms with Gasteiger partial charge in [0, 0.05) is 39.6 Å². The predicted octanol–water partition coefficient (Wildman–Crippen LogP) is 24.5. The van der Waals surface area contributed by atoms with Crippen molar-refractivity contribution in [3.05, 3.63) is 0 Å². The monoisotopic (exact) mass is 1190 g/mol. The van der Waals surface area contributed by atoms with Gasteiger partial charge in [0.05, 0.1) is 25.7 Å². The van der Waals surface area contributed by atoms with Crippen LogP contribution < -0.4 is 5.32 Å². The summed E-state index contributed by atoms with van der Waals surface area (Å²) >= 11 is 0. The minimum Gasteiger partial charge on any atom is -0.381 e. The summed E-state index contributed by atoms with van der Waals surface area (Å²) in [5.74, 6) is 1.17. The Bertz CT molecular complexity index is 1130. The first-order valence-electron chi connectivity index (χ1n) is 39.4. The zero-order valence-electron chi connectivity index (χ0n) is 58.4. The van der Waals surface area contributed by atoms with Crippen molar-refractivity contribution in [3.8, 4) is 0 Å². The molecule has 0 saturated carbocycles. The summed E-state index contributed by atoms with van der Waals surface area (Å²) in [5.41, 5.74) is 0. The van der Waals surface area contributed by atoms with E-state index in [0.29, 0.717) is 18.2 Å². The average molecular weight is 1190 g/mol. The highest BCUT2D eigenvalue weighted by Gasteiger charge is 2.33. The number of hydrogen-bond acceptors (Lipinski definition) is 5. The van der Waals surface area contributed by atoms with E-state index in [1.807, 2.05) is 0 Å². The summed E-state index contributed by atoms with van der Waals surface area (Å²) in [5, 5.41) is 3.86. The minimum atomic E-state index is 0.00352. The molecule has 0 spiro atoms. The van der Waals surface area contributed by atoms with Gasteiger partial charge in [0.15, 0.2) is 0 Å². The van der Waals surface area contributed by atoms with Crippen LogP contribution in [0.2, 0.25) is 0 Å². The van der Waals surface area contributed by atoms with E-state index < -0.39 is 0 Å². The lowest BCUT2D eigenvalue weighted by atomic mass is 9.99. The first kappa shape index (κ1) is 81.5. The Morgan fingerprint density at radius 1 is 0.310 bits per heavy atom. The number of carbonyl (C=O) groups is 1. The maximum atomic E-state index is 14.7. The molecule has 1 aliphatic heterocycles. The van der Waals surface area contributed by atoms with Gasteiger partial charge >= 0.3 is 0 Å². The largest absolute Gasteiger partial charge is 0.381 e. The van der Waals surface area contributed by atoms with E-state index in [2.05, 4.69) is 33.0 Å². The van der Waals surface area contributed by atoms with Gasteiger partial charge in [-0.25, -0.2) is 0 Å². The molecule has 1 N–H and O–H groups in total. The molecule has 1 saturated heterocycles. The molecular weight excluding hydrogens is 1030 g/mol. The third-order valence-electron chi connectivity index (χ3n) is 19.7. The Morgan fingerprint density at radius 2 is 0.548 bits per heavy atom. The standard InChI is InChI=1S/C78H157N2O4/c1-5-9-12-15-18-21-24-27-30-33-36-39-42-45-48-57-68-82-71-60-54-65-80(75-78(81)77-64-53-51-52-63-76(8-4)74-79-77,66-55-61-72-83-69-58-49-46-43-40-37-34-31-28-25-22-19-16-13-10-6-2)67-56-62-73-84-70-59-50-47-44-41-38-35-32-29-26-23-20-17-14-11-7-3/h76-77,79H,5-75H2,1-4H3/q+1. The molecule has 2 unspecified atom stereocenters. The van der Waals surface area contributed by atoms with Crippen LogP contribution in [0.4, 0.5) is 0 Å². The topological polar surface area (TPSA) is 56.8 Å². The molecule has 6 nitrogen and oxygen atoms in total. The van der Waals surface area contributed by atoms with E-state index in [-0.39, 0.29) is 6.04 Å². The molecule has 0 bridgehead atoms. The van der Waals surface area contributed by atoms with Gasteiger partial charge < -0.3 is 24.0 Å². The highest BCUT2D eigenvalue weighted by Crippen LogP contribution is 2.23. The van der Waals surface area contributed by atoms with Crippen LogP contribution in [-0.2, 0) is 19.0 Å². The van der Waals surface area contributed by atoms with Crippen molar-refractivity contribution in [2.45, 2.75) is 419 Å². The molecule has 1 fully saturated rings. The maximum Gasteiger partial charge on any atom is 0.203 e. The van der Waals surface area contributed by atoms with Crippen LogP contribution in [0.1, 0.15) is 413 Å². The number of nitrogens with one attached hydrogen (secondary N) is 1. The molecule has 1 heterocycles. The van der Waals surface area contributed by atoms with Gasteiger partial charge in [-0.15, -0.1) is 0 Å². The number of carbonyl (C=O) groups excluding carboxylic acids is 1. The van der Waals surface area contributed by atoms with Gasteiger partial charge in [-0.05, 0) is 83.1 Å². The fourth-order valence-corrected chi connectivity index (χ4v) is 13.6. The van der Waals surface area contributed by atoms with Crippen LogP contribution in [0.25, 0.3) is 0 Å². The van der Waals surface area contributed by atoms with Crippen LogP contribution in [-0.4, -0.2) is 88.7 Å². The van der Waals surface area contributed by atoms with Gasteiger partial charge in [-0.1, -0.05) is 342 Å². The molecular formula is C78H157N2O4+. The highest BCUT2D eigenvalue weighted by atomic mass is 16.5. The van der Waals surface area contributed by atoms with Crippen LogP contribution in [0.3, 0.4) is 0 Å². The molecule has 502 valence electrons. The second-order valence-corrected chi connectivity index (χ2v) is 27.9. The summed E-state index contributed by atoms with van der Waals surface area (Å²) in [4.78, 5) is 14.7. The molecule has 1 aliphatic rings. The van der Waals surface area contributed by atoms with Gasteiger partial charge in [0.2, 0.25) is 5.78 Å². The lowest BCUT2D eigenvalue weighted by molar-refractivity contribution is -0.921. The van der Waals surface area contributed by atoms with Gasteiger partial charge in [0.25, 0.3) is 0 Å². The van der Waals surface area contributed by atoms with E-state index in [9.17, 15) is 4.79 Å². The number of ether oxygens (including phenoxy) is 3. The van der Waals surface area contributed by atoms with E-state index >= 15 is 0 Å². The van der Waals surface area contributed by atoms with Crippen molar-refractivity contribution in [2.75, 3.05) is 72.4 Å². The SMILES string of the molecule is CCCCCCCCCCCCCCCCCCOCCCC[N+](CCCCOCCCCCCCCCCCCCCCCCC)(CCCCOCCCCCCCCCCCCCCCCCC)CC(=O)C1CCCCCC(CC)CN1. The van der Waals surface area contributed by atoms with Crippen molar-refractivity contribution >= 4 is 5.78 Å². The van der Waals surface area contributed by atoms with Crippen molar-refractivity contribution in [1.29, 1.82) is 0 Å². The quantitative estimate of drug-likeness (QED) is 0.0486. The maximum absolute atomic E-state index is 14.7. The normalized spacial score (nSPS) is 15.2. The Kier molecular flexibility index (Phi) is 66.3. The van der Waals surface area contributed by atoms with E-state index in [1.165, 1.54) is 340 Å². The Labute approximate surface area is 529 Å². The first-order valence-corrected chi connectivity index (χ1v) is 39.4. The lowest BCUT2D eigenvalue weighted by Crippen LogP contribution is -2.56. The van der Waals surface area contributed by atoms with E-state index in [0.717, 1.165) is 115 Å². The molecule has 0 amide bonds. The van der Waals surface area contributed by atoms with Gasteiger partial charge in [-0.3, -0.25) is 4.79 Å². The summed E-state index contributed by atoms with van der Waals surface area (Å²) in [6, 6.07) is 0.00352. The number of Topliss-reactive ketones (excluding diaryl/α,β-unsaturated/α-hetero) is 1. The predicted molar refractivity (Wildman–Crippen MR) is 372 cm³/mol. The number of unbranched alkanes of at least 4 members (excludes halogenated alkanes) is 48. The Hall–Kier alpha value is -0.530. The molecule has 0 aromatic heterocycles. The zero-order chi connectivity index (χ0) is 60.3. The molecule has 1 rings (SSSR count). The fourth-order valence-electron chi connectivity index (χ4n) is 13.6. The molecule has 2 atom stereocenters. The van der Waals surface area contributed by atoms with Crippen molar-refractivity contribution < 1.29 is 23.5 Å². The molecule has 0 radical (unpaired) electrons. The lowest BCUT2D eigenvalue weighted by Gasteiger charge is -2.40. The minimum absolute atomic E-state index is 0.00352. The zero-order valence-corrected chi connectivity index (χ0v) is 58.4. The number of ketones is 1. The Balaban J connectivity index is 2.62. The van der Waals surface area contributed by atoms with E-state index in [1.54, 1.807) is 0 Å². The van der Waals surface area contributed by atoms with Crippen molar-refractivity contribution in [3.63, 3.8) is 0 Å². The molecule has 0 aliphatic carbocycles. The Morgan fingerprint density at radius 3 is 0.810 bits per heavy atom. The number of nitrogens with zero attached hydrogens (tertiary/aromatic N) is 1.